The summed E-state index contributed by atoms with van der Waals surface area (Å²) in [5.41, 5.74) is 1.17. The van der Waals surface area contributed by atoms with E-state index in [1.807, 2.05) is 18.2 Å². The van der Waals surface area contributed by atoms with E-state index in [1.54, 1.807) is 67.6 Å². The second-order valence-corrected chi connectivity index (χ2v) is 11.5. The zero-order valence-electron chi connectivity index (χ0n) is 21.7. The smallest absolute Gasteiger partial charge is 0.272 e. The van der Waals surface area contributed by atoms with Gasteiger partial charge in [0.2, 0.25) is 5.91 Å². The molecule has 0 saturated carbocycles. The maximum atomic E-state index is 14.5. The molecule has 0 aliphatic heterocycles. The number of hydrogen-bond acceptors (Lipinski definition) is 4. The molecule has 0 aliphatic carbocycles. The van der Waals surface area contributed by atoms with Crippen LogP contribution in [0, 0.1) is 5.82 Å². The SMILES string of the molecule is CC(Sc1cccc(NC(=O)/C(=C\c2c(F)cccc2Cl)NC(=O)c2ccccc2)c1)C(=O)Nc1ccc(Br)cc1. The molecular weight excluding hydrogens is 629 g/mol. The maximum absolute atomic E-state index is 14.5. The van der Waals surface area contributed by atoms with Crippen LogP contribution in [-0.2, 0) is 9.59 Å². The third-order valence-corrected chi connectivity index (χ3v) is 7.65. The Morgan fingerprint density at radius 3 is 2.29 bits per heavy atom. The van der Waals surface area contributed by atoms with Crippen LogP contribution < -0.4 is 16.0 Å². The Hall–Kier alpha value is -3.92. The number of benzene rings is 4. The third-order valence-electron chi connectivity index (χ3n) is 5.70. The van der Waals surface area contributed by atoms with Crippen LogP contribution in [0.5, 0.6) is 0 Å². The van der Waals surface area contributed by atoms with Crippen molar-refractivity contribution in [3.63, 3.8) is 0 Å². The Labute approximate surface area is 254 Å². The molecule has 4 aromatic rings. The predicted molar refractivity (Wildman–Crippen MR) is 166 cm³/mol. The molecule has 0 radical (unpaired) electrons. The van der Waals surface area contributed by atoms with Crippen LogP contribution in [0.4, 0.5) is 15.8 Å². The lowest BCUT2D eigenvalue weighted by Gasteiger charge is -2.14. The predicted octanol–water partition coefficient (Wildman–Crippen LogP) is 7.77. The highest BCUT2D eigenvalue weighted by atomic mass is 79.9. The van der Waals surface area contributed by atoms with Gasteiger partial charge in [-0.15, -0.1) is 11.8 Å². The minimum atomic E-state index is -0.684. The summed E-state index contributed by atoms with van der Waals surface area (Å²) < 4.78 is 15.5. The Balaban J connectivity index is 1.51. The van der Waals surface area contributed by atoms with Gasteiger partial charge in [0.1, 0.15) is 11.5 Å². The molecule has 4 aromatic carbocycles. The Morgan fingerprint density at radius 2 is 1.59 bits per heavy atom. The van der Waals surface area contributed by atoms with Crippen molar-refractivity contribution < 1.29 is 18.8 Å². The molecule has 4 rings (SSSR count). The molecule has 1 unspecified atom stereocenters. The molecule has 0 fully saturated rings. The lowest BCUT2D eigenvalue weighted by molar-refractivity contribution is -0.115. The molecule has 0 heterocycles. The number of hydrogen-bond donors (Lipinski definition) is 3. The largest absolute Gasteiger partial charge is 0.325 e. The van der Waals surface area contributed by atoms with E-state index < -0.39 is 22.9 Å². The summed E-state index contributed by atoms with van der Waals surface area (Å²) in [6, 6.07) is 26.7. The summed E-state index contributed by atoms with van der Waals surface area (Å²) in [5.74, 6) is -2.06. The Morgan fingerprint density at radius 1 is 0.878 bits per heavy atom. The second kappa shape index (κ2) is 14.1. The molecule has 0 saturated heterocycles. The quantitative estimate of drug-likeness (QED) is 0.127. The van der Waals surface area contributed by atoms with Gasteiger partial charge in [-0.3, -0.25) is 14.4 Å². The summed E-state index contributed by atoms with van der Waals surface area (Å²) in [4.78, 5) is 39.6. The van der Waals surface area contributed by atoms with Crippen molar-refractivity contribution in [1.82, 2.24) is 5.32 Å². The number of thioether (sulfide) groups is 1. The average molecular weight is 653 g/mol. The van der Waals surface area contributed by atoms with Gasteiger partial charge in [-0.05, 0) is 79.7 Å². The first-order chi connectivity index (χ1) is 19.7. The van der Waals surface area contributed by atoms with Crippen LogP contribution in [0.15, 0.2) is 112 Å². The van der Waals surface area contributed by atoms with Gasteiger partial charge in [0, 0.05) is 31.9 Å². The highest BCUT2D eigenvalue weighted by Gasteiger charge is 2.18. The number of halogens is 3. The van der Waals surface area contributed by atoms with Gasteiger partial charge in [0.05, 0.1) is 10.3 Å². The molecule has 41 heavy (non-hydrogen) atoms. The number of carbonyl (C=O) groups is 3. The Kier molecular flexibility index (Phi) is 10.3. The standard InChI is InChI=1S/C31H24BrClFN3O3S/c1-19(29(38)35-22-15-13-21(32)14-16-22)41-24-10-5-9-23(17-24)36-31(40)28(18-25-26(33)11-6-12-27(25)34)37-30(39)20-7-3-2-4-8-20/h2-19H,1H3,(H,35,38)(H,36,40)(H,37,39)/b28-18+. The molecule has 0 bridgehead atoms. The van der Waals surface area contributed by atoms with E-state index in [9.17, 15) is 18.8 Å². The number of anilines is 2. The van der Waals surface area contributed by atoms with Gasteiger partial charge in [0.15, 0.2) is 0 Å². The number of rotatable bonds is 9. The van der Waals surface area contributed by atoms with Crippen molar-refractivity contribution in [2.75, 3.05) is 10.6 Å². The second-order valence-electron chi connectivity index (χ2n) is 8.75. The molecule has 0 spiro atoms. The summed E-state index contributed by atoms with van der Waals surface area (Å²) in [6.07, 6.45) is 1.20. The minimum Gasteiger partial charge on any atom is -0.325 e. The molecule has 6 nitrogen and oxygen atoms in total. The summed E-state index contributed by atoms with van der Waals surface area (Å²) in [6.45, 7) is 1.78. The van der Waals surface area contributed by atoms with E-state index in [2.05, 4.69) is 31.9 Å². The van der Waals surface area contributed by atoms with Crippen molar-refractivity contribution in [3.8, 4) is 0 Å². The fourth-order valence-electron chi connectivity index (χ4n) is 3.62. The van der Waals surface area contributed by atoms with Gasteiger partial charge >= 0.3 is 0 Å². The Bertz CT molecular complexity index is 1580. The molecule has 208 valence electrons. The van der Waals surface area contributed by atoms with Crippen LogP contribution >= 0.6 is 39.3 Å². The van der Waals surface area contributed by atoms with E-state index in [4.69, 9.17) is 11.6 Å². The van der Waals surface area contributed by atoms with Crippen molar-refractivity contribution >= 4 is 74.5 Å². The van der Waals surface area contributed by atoms with E-state index >= 15 is 0 Å². The third kappa shape index (κ3) is 8.53. The first kappa shape index (κ1) is 30.0. The normalized spacial score (nSPS) is 11.9. The van der Waals surface area contributed by atoms with Crippen LogP contribution in [-0.4, -0.2) is 23.0 Å². The monoisotopic (exact) mass is 651 g/mol. The van der Waals surface area contributed by atoms with E-state index in [-0.39, 0.29) is 22.2 Å². The zero-order valence-corrected chi connectivity index (χ0v) is 24.8. The van der Waals surface area contributed by atoms with Crippen LogP contribution in [0.2, 0.25) is 5.02 Å². The molecular formula is C31H24BrClFN3O3S. The minimum absolute atomic E-state index is 0.0393. The maximum Gasteiger partial charge on any atom is 0.272 e. The lowest BCUT2D eigenvalue weighted by atomic mass is 10.1. The number of nitrogens with one attached hydrogen (secondary N) is 3. The van der Waals surface area contributed by atoms with E-state index in [0.29, 0.717) is 16.9 Å². The fourth-order valence-corrected chi connectivity index (χ4v) is 5.02. The topological polar surface area (TPSA) is 87.3 Å². The van der Waals surface area contributed by atoms with Crippen molar-refractivity contribution in [2.24, 2.45) is 0 Å². The van der Waals surface area contributed by atoms with E-state index in [1.165, 1.54) is 36.0 Å². The van der Waals surface area contributed by atoms with Gasteiger partial charge in [-0.1, -0.05) is 57.9 Å². The number of amides is 3. The summed E-state index contributed by atoms with van der Waals surface area (Å²) in [5, 5.41) is 7.83. The van der Waals surface area contributed by atoms with Gasteiger partial charge in [-0.2, -0.15) is 0 Å². The highest BCUT2D eigenvalue weighted by Crippen LogP contribution is 2.27. The van der Waals surface area contributed by atoms with Gasteiger partial charge in [-0.25, -0.2) is 4.39 Å². The van der Waals surface area contributed by atoms with Gasteiger partial charge in [0.25, 0.3) is 11.8 Å². The molecule has 0 aliphatic rings. The zero-order chi connectivity index (χ0) is 29.4. The van der Waals surface area contributed by atoms with Crippen LogP contribution in [0.3, 0.4) is 0 Å². The first-order valence-corrected chi connectivity index (χ1v) is 14.4. The number of carbonyl (C=O) groups excluding carboxylic acids is 3. The van der Waals surface area contributed by atoms with E-state index in [0.717, 1.165) is 9.37 Å². The molecule has 1 atom stereocenters. The van der Waals surface area contributed by atoms with Crippen LogP contribution in [0.25, 0.3) is 6.08 Å². The highest BCUT2D eigenvalue weighted by molar-refractivity contribution is 9.10. The molecule has 3 amide bonds. The van der Waals surface area contributed by atoms with Crippen molar-refractivity contribution in [1.29, 1.82) is 0 Å². The lowest BCUT2D eigenvalue weighted by Crippen LogP contribution is -2.30. The fraction of sp³-hybridized carbons (Fsp3) is 0.0645. The summed E-state index contributed by atoms with van der Waals surface area (Å²) in [7, 11) is 0. The molecule has 10 heteroatoms. The summed E-state index contributed by atoms with van der Waals surface area (Å²) >= 11 is 10.9. The molecule has 0 aromatic heterocycles. The van der Waals surface area contributed by atoms with Crippen molar-refractivity contribution in [2.45, 2.75) is 17.1 Å². The average Bonchev–Trinajstić information content (AvgIpc) is 2.96. The first-order valence-electron chi connectivity index (χ1n) is 12.4. The van der Waals surface area contributed by atoms with Crippen LogP contribution in [0.1, 0.15) is 22.8 Å². The molecule has 3 N–H and O–H groups in total. The van der Waals surface area contributed by atoms with Gasteiger partial charge < -0.3 is 16.0 Å². The van der Waals surface area contributed by atoms with Crippen molar-refractivity contribution in [3.05, 3.63) is 129 Å².